The van der Waals surface area contributed by atoms with Crippen molar-refractivity contribution >= 4 is 11.7 Å². The maximum atomic E-state index is 12.9. The summed E-state index contributed by atoms with van der Waals surface area (Å²) >= 11 is 0. The number of hydrogen-bond donors (Lipinski definition) is 2. The number of carboxylic acids is 1. The third kappa shape index (κ3) is 2.54. The molecular formula is C14H13FN2O3. The molecule has 0 spiro atoms. The highest BCUT2D eigenvalue weighted by Crippen LogP contribution is 2.14. The third-order valence-electron chi connectivity index (χ3n) is 2.78. The summed E-state index contributed by atoms with van der Waals surface area (Å²) in [7, 11) is 0. The second kappa shape index (κ2) is 5.56. The number of aromatic carboxylic acids is 1. The highest BCUT2D eigenvalue weighted by Gasteiger charge is 2.17. The summed E-state index contributed by atoms with van der Waals surface area (Å²) in [6, 6.07) is 6.75. The van der Waals surface area contributed by atoms with Gasteiger partial charge in [0.05, 0.1) is 5.69 Å². The molecule has 2 rings (SSSR count). The molecule has 0 aliphatic carbocycles. The van der Waals surface area contributed by atoms with Crippen molar-refractivity contribution in [3.8, 4) is 5.69 Å². The molecule has 0 amide bonds. The molecule has 1 aromatic heterocycles. The second-order valence-corrected chi connectivity index (χ2v) is 4.09. The normalized spacial score (nSPS) is 10.3. The molecule has 2 aromatic rings. The van der Waals surface area contributed by atoms with E-state index in [4.69, 9.17) is 0 Å². The van der Waals surface area contributed by atoms with Crippen LogP contribution >= 0.6 is 0 Å². The van der Waals surface area contributed by atoms with Crippen molar-refractivity contribution in [2.75, 3.05) is 11.9 Å². The van der Waals surface area contributed by atoms with Gasteiger partial charge in [-0.15, -0.1) is 0 Å². The number of benzene rings is 1. The predicted octanol–water partition coefficient (Wildman–Crippen LogP) is 2.11. The van der Waals surface area contributed by atoms with Crippen molar-refractivity contribution in [1.29, 1.82) is 0 Å². The molecule has 1 heterocycles. The molecule has 0 aliphatic rings. The first-order valence-corrected chi connectivity index (χ1v) is 6.03. The summed E-state index contributed by atoms with van der Waals surface area (Å²) in [5.74, 6) is -1.73. The van der Waals surface area contributed by atoms with E-state index < -0.39 is 17.3 Å². The van der Waals surface area contributed by atoms with Crippen LogP contribution in [0.1, 0.15) is 17.3 Å². The highest BCUT2D eigenvalue weighted by atomic mass is 19.1. The monoisotopic (exact) mass is 276 g/mol. The zero-order chi connectivity index (χ0) is 14.7. The van der Waals surface area contributed by atoms with Gasteiger partial charge in [0.15, 0.2) is 0 Å². The van der Waals surface area contributed by atoms with E-state index in [2.05, 4.69) is 5.32 Å². The van der Waals surface area contributed by atoms with Gasteiger partial charge < -0.3 is 10.4 Å². The predicted molar refractivity (Wildman–Crippen MR) is 73.1 cm³/mol. The minimum absolute atomic E-state index is 0.267. The quantitative estimate of drug-likeness (QED) is 0.897. The maximum absolute atomic E-state index is 12.9. The first-order valence-electron chi connectivity index (χ1n) is 6.03. The van der Waals surface area contributed by atoms with Crippen LogP contribution in [0.15, 0.2) is 41.3 Å². The Balaban J connectivity index is 2.62. The van der Waals surface area contributed by atoms with E-state index in [9.17, 15) is 19.1 Å². The van der Waals surface area contributed by atoms with E-state index in [1.54, 1.807) is 6.92 Å². The number of nitrogens with zero attached hydrogens (tertiary/aromatic N) is 1. The topological polar surface area (TPSA) is 71.3 Å². The largest absolute Gasteiger partial charge is 0.477 e. The smallest absolute Gasteiger partial charge is 0.343 e. The van der Waals surface area contributed by atoms with Gasteiger partial charge >= 0.3 is 5.97 Å². The molecule has 1 aromatic carbocycles. The zero-order valence-corrected chi connectivity index (χ0v) is 10.8. The Bertz CT molecular complexity index is 693. The molecule has 0 saturated heterocycles. The molecule has 5 nitrogen and oxygen atoms in total. The molecule has 0 radical (unpaired) electrons. The van der Waals surface area contributed by atoms with Crippen LogP contribution in [0, 0.1) is 5.82 Å². The summed E-state index contributed by atoms with van der Waals surface area (Å²) in [5.41, 5.74) is -0.327. The molecule has 0 saturated carbocycles. The summed E-state index contributed by atoms with van der Waals surface area (Å²) < 4.78 is 14.1. The number of aromatic nitrogens is 1. The van der Waals surface area contributed by atoms with Gasteiger partial charge in [-0.1, -0.05) is 0 Å². The SMILES string of the molecule is CCNc1ccn(-c2ccc(F)cc2)c(=O)c1C(=O)O. The van der Waals surface area contributed by atoms with Crippen LogP contribution in [0.2, 0.25) is 0 Å². The Morgan fingerprint density at radius 1 is 1.30 bits per heavy atom. The van der Waals surface area contributed by atoms with E-state index in [1.165, 1.54) is 41.1 Å². The number of carboxylic acid groups (broad SMARTS) is 1. The lowest BCUT2D eigenvalue weighted by molar-refractivity contribution is 0.0695. The highest BCUT2D eigenvalue weighted by molar-refractivity contribution is 5.93. The van der Waals surface area contributed by atoms with Crippen molar-refractivity contribution in [2.24, 2.45) is 0 Å². The van der Waals surface area contributed by atoms with Gasteiger partial charge in [-0.3, -0.25) is 9.36 Å². The Morgan fingerprint density at radius 2 is 1.95 bits per heavy atom. The second-order valence-electron chi connectivity index (χ2n) is 4.09. The van der Waals surface area contributed by atoms with Crippen molar-refractivity contribution in [2.45, 2.75) is 6.92 Å². The van der Waals surface area contributed by atoms with Crippen LogP contribution in [0.5, 0.6) is 0 Å². The van der Waals surface area contributed by atoms with Crippen LogP contribution in [-0.4, -0.2) is 22.2 Å². The fourth-order valence-electron chi connectivity index (χ4n) is 1.89. The molecule has 0 atom stereocenters. The lowest BCUT2D eigenvalue weighted by atomic mass is 10.2. The average molecular weight is 276 g/mol. The summed E-state index contributed by atoms with van der Waals surface area (Å²) in [5, 5.41) is 12.0. The van der Waals surface area contributed by atoms with Gasteiger partial charge in [-0.05, 0) is 37.3 Å². The number of halogens is 1. The number of anilines is 1. The van der Waals surface area contributed by atoms with Gasteiger partial charge in [0.25, 0.3) is 5.56 Å². The Labute approximate surface area is 114 Å². The van der Waals surface area contributed by atoms with Crippen molar-refractivity contribution < 1.29 is 14.3 Å². The molecule has 0 aliphatic heterocycles. The fraction of sp³-hybridized carbons (Fsp3) is 0.143. The Morgan fingerprint density at radius 3 is 2.50 bits per heavy atom. The van der Waals surface area contributed by atoms with E-state index in [0.29, 0.717) is 12.2 Å². The fourth-order valence-corrected chi connectivity index (χ4v) is 1.89. The van der Waals surface area contributed by atoms with Gasteiger partial charge in [0.2, 0.25) is 0 Å². The number of hydrogen-bond acceptors (Lipinski definition) is 3. The van der Waals surface area contributed by atoms with Crippen molar-refractivity contribution in [1.82, 2.24) is 4.57 Å². The molecule has 0 bridgehead atoms. The number of nitrogens with one attached hydrogen (secondary N) is 1. The van der Waals surface area contributed by atoms with Crippen LogP contribution in [0.4, 0.5) is 10.1 Å². The minimum Gasteiger partial charge on any atom is -0.477 e. The van der Waals surface area contributed by atoms with Crippen LogP contribution in [0.3, 0.4) is 0 Å². The number of pyridine rings is 1. The first-order chi connectivity index (χ1) is 9.54. The minimum atomic E-state index is -1.30. The van der Waals surface area contributed by atoms with Crippen molar-refractivity contribution in [3.05, 3.63) is 58.3 Å². The standard InChI is InChI=1S/C14H13FN2O3/c1-2-16-11-7-8-17(13(18)12(11)14(19)20)10-5-3-9(15)4-6-10/h3-8,16H,2H2,1H3,(H,19,20). The first kappa shape index (κ1) is 13.8. The van der Waals surface area contributed by atoms with Gasteiger partial charge in [-0.25, -0.2) is 9.18 Å². The number of rotatable bonds is 4. The van der Waals surface area contributed by atoms with Gasteiger partial charge in [0, 0.05) is 18.4 Å². The van der Waals surface area contributed by atoms with E-state index in [0.717, 1.165) is 0 Å². The van der Waals surface area contributed by atoms with E-state index in [-0.39, 0.29) is 11.3 Å². The molecular weight excluding hydrogens is 263 g/mol. The third-order valence-corrected chi connectivity index (χ3v) is 2.78. The summed E-state index contributed by atoms with van der Waals surface area (Å²) in [4.78, 5) is 23.5. The lowest BCUT2D eigenvalue weighted by Gasteiger charge is -2.11. The van der Waals surface area contributed by atoms with E-state index in [1.807, 2.05) is 0 Å². The van der Waals surface area contributed by atoms with Crippen molar-refractivity contribution in [3.63, 3.8) is 0 Å². The Hall–Kier alpha value is -2.63. The molecule has 2 N–H and O–H groups in total. The van der Waals surface area contributed by atoms with Crippen LogP contribution < -0.4 is 10.9 Å². The van der Waals surface area contributed by atoms with Crippen LogP contribution in [0.25, 0.3) is 5.69 Å². The van der Waals surface area contributed by atoms with E-state index >= 15 is 0 Å². The molecule has 20 heavy (non-hydrogen) atoms. The maximum Gasteiger partial charge on any atom is 0.343 e. The summed E-state index contributed by atoms with van der Waals surface area (Å²) in [6.07, 6.45) is 1.46. The molecule has 0 unspecified atom stereocenters. The molecule has 6 heteroatoms. The molecule has 104 valence electrons. The summed E-state index contributed by atoms with van der Waals surface area (Å²) in [6.45, 7) is 2.30. The zero-order valence-electron chi connectivity index (χ0n) is 10.8. The van der Waals surface area contributed by atoms with Gasteiger partial charge in [0.1, 0.15) is 11.4 Å². The molecule has 0 fully saturated rings. The number of carbonyl (C=O) groups is 1. The van der Waals surface area contributed by atoms with Gasteiger partial charge in [-0.2, -0.15) is 0 Å². The Kier molecular flexibility index (Phi) is 3.84. The van der Waals surface area contributed by atoms with Crippen LogP contribution in [-0.2, 0) is 0 Å². The lowest BCUT2D eigenvalue weighted by Crippen LogP contribution is -2.26. The average Bonchev–Trinajstić information content (AvgIpc) is 2.40.